The summed E-state index contributed by atoms with van der Waals surface area (Å²) in [5.41, 5.74) is 15.7. The van der Waals surface area contributed by atoms with Crippen LogP contribution < -0.4 is 16.4 Å². The molecule has 0 saturated heterocycles. The van der Waals surface area contributed by atoms with Gasteiger partial charge >= 0.3 is 0 Å². The van der Waals surface area contributed by atoms with Gasteiger partial charge in [0.1, 0.15) is 11.2 Å². The molecule has 0 radical (unpaired) electrons. The van der Waals surface area contributed by atoms with Gasteiger partial charge in [-0.2, -0.15) is 0 Å². The lowest BCUT2D eigenvalue weighted by atomic mass is 9.36. The van der Waals surface area contributed by atoms with E-state index in [0.717, 1.165) is 33.0 Å². The number of hydrogen-bond acceptors (Lipinski definition) is 3. The van der Waals surface area contributed by atoms with E-state index >= 15 is 0 Å². The average Bonchev–Trinajstić information content (AvgIpc) is 3.89. The minimum absolute atomic E-state index is 0.199. The van der Waals surface area contributed by atoms with Crippen LogP contribution in [0.1, 0.15) is 11.1 Å². The molecule has 262 valence electrons. The third-order valence-corrected chi connectivity index (χ3v) is 14.4. The van der Waals surface area contributed by atoms with Crippen molar-refractivity contribution in [1.29, 1.82) is 0 Å². The van der Waals surface area contributed by atoms with Gasteiger partial charge in [-0.15, -0.1) is 0 Å². The summed E-state index contributed by atoms with van der Waals surface area (Å²) in [5.74, 6) is 0. The topological polar surface area (TPSA) is 23.0 Å². The summed E-state index contributed by atoms with van der Waals surface area (Å²) >= 11 is 3.85. The molecular weight excluding hydrogens is 720 g/mol. The Morgan fingerprint density at radius 1 is 0.464 bits per heavy atom. The molecular formula is C50H31BN2OS2. The number of aromatic nitrogens is 2. The second-order valence-electron chi connectivity index (χ2n) is 15.4. The van der Waals surface area contributed by atoms with Crippen molar-refractivity contribution in [3.05, 3.63) is 163 Å². The Morgan fingerprint density at radius 3 is 1.62 bits per heavy atom. The molecule has 56 heavy (non-hydrogen) atoms. The molecule has 0 aliphatic carbocycles. The van der Waals surface area contributed by atoms with Crippen LogP contribution in [-0.2, 0) is 0 Å². The van der Waals surface area contributed by atoms with Crippen LogP contribution in [0.15, 0.2) is 176 Å². The molecule has 0 atom stereocenters. The monoisotopic (exact) mass is 750 g/mol. The van der Waals surface area contributed by atoms with Gasteiger partial charge in [0.25, 0.3) is 0 Å². The lowest BCUT2D eigenvalue weighted by Gasteiger charge is -2.33. The lowest BCUT2D eigenvalue weighted by Crippen LogP contribution is -2.58. The van der Waals surface area contributed by atoms with Crippen molar-refractivity contribution in [2.24, 2.45) is 0 Å². The summed E-state index contributed by atoms with van der Waals surface area (Å²) in [6.45, 7) is 4.64. The molecule has 3 nitrogen and oxygen atoms in total. The van der Waals surface area contributed by atoms with E-state index in [4.69, 9.17) is 4.42 Å². The van der Waals surface area contributed by atoms with Gasteiger partial charge < -0.3 is 13.6 Å². The van der Waals surface area contributed by atoms with Crippen molar-refractivity contribution in [3.8, 4) is 11.4 Å². The number of aryl methyl sites for hydroxylation is 2. The first-order chi connectivity index (χ1) is 27.6. The largest absolute Gasteiger partial charge is 0.455 e. The van der Waals surface area contributed by atoms with Crippen molar-refractivity contribution < 1.29 is 4.42 Å². The van der Waals surface area contributed by atoms with E-state index in [1.165, 1.54) is 91.0 Å². The number of furan rings is 1. The standard InChI is InChI=1S/C50H31BN2OS2/c1-28-20-22-40-35(24-28)51-36-25-29(2)21-23-41(36)56-43-27-31(26-42(55-40)47(43)51)53-38-18-10-7-15-33(38)45-48(53)44-32-14-6-9-17-37(32)52(30-12-4-3-5-13-30)49(44)46-34-16-8-11-19-39(34)54-50(45)46/h3-27H,1-2H3. The van der Waals surface area contributed by atoms with Crippen molar-refractivity contribution in [3.63, 3.8) is 0 Å². The van der Waals surface area contributed by atoms with Crippen LogP contribution in [0.25, 0.3) is 76.9 Å². The van der Waals surface area contributed by atoms with E-state index in [2.05, 4.69) is 175 Å². The summed E-state index contributed by atoms with van der Waals surface area (Å²) in [4.78, 5) is 5.35. The second-order valence-corrected chi connectivity index (χ2v) is 17.5. The van der Waals surface area contributed by atoms with Gasteiger partial charge in [0.05, 0.1) is 32.8 Å². The van der Waals surface area contributed by atoms with Gasteiger partial charge in [0.2, 0.25) is 6.71 Å². The Kier molecular flexibility index (Phi) is 6.26. The third-order valence-electron chi connectivity index (χ3n) is 12.1. The first-order valence-electron chi connectivity index (χ1n) is 19.2. The van der Waals surface area contributed by atoms with Gasteiger partial charge in [-0.3, -0.25) is 0 Å². The molecule has 0 amide bonds. The molecule has 0 N–H and O–H groups in total. The fourth-order valence-corrected chi connectivity index (χ4v) is 12.3. The van der Waals surface area contributed by atoms with Gasteiger partial charge in [-0.25, -0.2) is 0 Å². The van der Waals surface area contributed by atoms with Crippen LogP contribution in [0.2, 0.25) is 0 Å². The lowest BCUT2D eigenvalue weighted by molar-refractivity contribution is 0.673. The highest BCUT2D eigenvalue weighted by molar-refractivity contribution is 8.01. The van der Waals surface area contributed by atoms with Crippen molar-refractivity contribution in [2.75, 3.05) is 0 Å². The Morgan fingerprint density at radius 2 is 0.982 bits per heavy atom. The maximum atomic E-state index is 7.04. The zero-order valence-corrected chi connectivity index (χ0v) is 32.3. The number of benzene rings is 8. The summed E-state index contributed by atoms with van der Waals surface area (Å²) < 4.78 is 12.0. The van der Waals surface area contributed by atoms with Gasteiger partial charge in [-0.1, -0.05) is 143 Å². The normalized spacial score (nSPS) is 13.4. The van der Waals surface area contributed by atoms with Crippen molar-refractivity contribution in [2.45, 2.75) is 33.4 Å². The van der Waals surface area contributed by atoms with E-state index in [1.54, 1.807) is 0 Å². The molecule has 5 heterocycles. The number of para-hydroxylation sites is 4. The molecule has 0 spiro atoms. The Balaban J connectivity index is 1.22. The number of hydrogen-bond donors (Lipinski definition) is 0. The Bertz CT molecular complexity index is 3440. The van der Waals surface area contributed by atoms with Crippen molar-refractivity contribution >= 4 is 112 Å². The van der Waals surface area contributed by atoms with Gasteiger partial charge in [-0.05, 0) is 73.9 Å². The first-order valence-corrected chi connectivity index (χ1v) is 20.8. The van der Waals surface area contributed by atoms with Crippen LogP contribution in [0.3, 0.4) is 0 Å². The Hall–Kier alpha value is -6.08. The fraction of sp³-hybridized carbons (Fsp3) is 0.0400. The summed E-state index contributed by atoms with van der Waals surface area (Å²) in [5, 5.41) is 7.09. The predicted molar refractivity (Wildman–Crippen MR) is 238 cm³/mol. The van der Waals surface area contributed by atoms with Crippen LogP contribution in [0, 0.1) is 13.8 Å². The zero-order valence-electron chi connectivity index (χ0n) is 30.6. The zero-order chi connectivity index (χ0) is 36.8. The second kappa shape index (κ2) is 11.3. The smallest absolute Gasteiger partial charge is 0.247 e. The average molecular weight is 751 g/mol. The molecule has 0 bridgehead atoms. The molecule has 2 aliphatic heterocycles. The van der Waals surface area contributed by atoms with Gasteiger partial charge in [0.15, 0.2) is 0 Å². The van der Waals surface area contributed by atoms with Crippen LogP contribution in [-0.4, -0.2) is 15.8 Å². The molecule has 0 saturated carbocycles. The van der Waals surface area contributed by atoms with Crippen LogP contribution >= 0.6 is 23.5 Å². The third kappa shape index (κ3) is 4.07. The summed E-state index contributed by atoms with van der Waals surface area (Å²) in [7, 11) is 0. The molecule has 6 heteroatoms. The molecule has 8 aromatic carbocycles. The van der Waals surface area contributed by atoms with E-state index in [-0.39, 0.29) is 6.71 Å². The van der Waals surface area contributed by atoms with E-state index in [1.807, 2.05) is 23.5 Å². The molecule has 13 rings (SSSR count). The highest BCUT2D eigenvalue weighted by atomic mass is 32.2. The maximum Gasteiger partial charge on any atom is 0.247 e. The van der Waals surface area contributed by atoms with E-state index in [9.17, 15) is 0 Å². The van der Waals surface area contributed by atoms with E-state index < -0.39 is 0 Å². The van der Waals surface area contributed by atoms with E-state index in [0.29, 0.717) is 0 Å². The summed E-state index contributed by atoms with van der Waals surface area (Å²) in [6.07, 6.45) is 0. The molecule has 2 aliphatic rings. The highest BCUT2D eigenvalue weighted by Gasteiger charge is 2.39. The SMILES string of the molecule is Cc1ccc2c(c1)B1c3cc(C)ccc3Sc3cc(-n4c5ccccc5c5c6oc7ccccc7c6c6c(c7ccccc7n6-c6ccccc6)c54)cc(c31)S2. The summed E-state index contributed by atoms with van der Waals surface area (Å²) in [6, 6.07) is 56.2. The highest BCUT2D eigenvalue weighted by Crippen LogP contribution is 2.50. The quantitative estimate of drug-likeness (QED) is 0.164. The Labute approximate surface area is 331 Å². The minimum Gasteiger partial charge on any atom is -0.455 e. The minimum atomic E-state index is 0.199. The number of nitrogens with zero attached hydrogens (tertiary/aromatic N) is 2. The molecule has 0 fully saturated rings. The first kappa shape index (κ1) is 31.2. The molecule has 0 unspecified atom stereocenters. The number of fused-ring (bicyclic) bond motifs is 16. The van der Waals surface area contributed by atoms with Crippen molar-refractivity contribution in [1.82, 2.24) is 9.13 Å². The number of rotatable bonds is 2. The van der Waals surface area contributed by atoms with Crippen LogP contribution in [0.4, 0.5) is 0 Å². The van der Waals surface area contributed by atoms with Gasteiger partial charge in [0, 0.05) is 52.5 Å². The predicted octanol–water partition coefficient (Wildman–Crippen LogP) is 11.8. The molecule has 3 aromatic heterocycles. The maximum absolute atomic E-state index is 7.04. The molecule has 11 aromatic rings. The fourth-order valence-electron chi connectivity index (χ4n) is 9.85. The van der Waals surface area contributed by atoms with Crippen LogP contribution in [0.5, 0.6) is 0 Å².